The van der Waals surface area contributed by atoms with E-state index in [1.165, 1.54) is 27.5 Å². The molecule has 0 fully saturated rings. The Bertz CT molecular complexity index is 967. The van der Waals surface area contributed by atoms with Crippen molar-refractivity contribution >= 4 is 35.1 Å². The van der Waals surface area contributed by atoms with E-state index in [2.05, 4.69) is 85.8 Å². The molecule has 24 heavy (non-hydrogen) atoms. The highest BCUT2D eigenvalue weighted by Gasteiger charge is 2.16. The van der Waals surface area contributed by atoms with Gasteiger partial charge in [0.05, 0.1) is 0 Å². The van der Waals surface area contributed by atoms with Gasteiger partial charge in [-0.3, -0.25) is 0 Å². The Morgan fingerprint density at radius 3 is 2.71 bits per heavy atom. The van der Waals surface area contributed by atoms with Crippen molar-refractivity contribution in [3.05, 3.63) is 82.8 Å². The van der Waals surface area contributed by atoms with Crippen LogP contribution in [0.3, 0.4) is 0 Å². The molecule has 0 aliphatic heterocycles. The number of fused-ring (bicyclic) bond motifs is 2. The van der Waals surface area contributed by atoms with E-state index in [1.807, 2.05) is 0 Å². The van der Waals surface area contributed by atoms with Crippen LogP contribution in [0, 0.1) is 0 Å². The summed E-state index contributed by atoms with van der Waals surface area (Å²) < 4.78 is 6.07. The molecule has 0 bridgehead atoms. The van der Waals surface area contributed by atoms with E-state index >= 15 is 0 Å². The lowest BCUT2D eigenvalue weighted by Crippen LogP contribution is -1.91. The standard InChI is InChI=1S/C23H20O/c1-2-7-20-21-10-5-6-11-22(21)24-23(20)15-13-17-12-14-18-8-3-4-9-19(18)16-17/h2-4,6-9,11-16H,5,10H2,1H3/b7-2+,15-13-. The maximum atomic E-state index is 6.07. The van der Waals surface area contributed by atoms with Crippen LogP contribution in [0.25, 0.3) is 35.1 Å². The summed E-state index contributed by atoms with van der Waals surface area (Å²) in [6.07, 6.45) is 14.9. The highest BCUT2D eigenvalue weighted by atomic mass is 16.3. The zero-order valence-electron chi connectivity index (χ0n) is 13.8. The molecular formula is C23H20O. The summed E-state index contributed by atoms with van der Waals surface area (Å²) in [6.45, 7) is 2.05. The molecule has 0 saturated heterocycles. The van der Waals surface area contributed by atoms with Crippen LogP contribution in [-0.2, 0) is 6.42 Å². The second-order valence-electron chi connectivity index (χ2n) is 6.10. The maximum Gasteiger partial charge on any atom is 0.135 e. The first-order valence-corrected chi connectivity index (χ1v) is 8.47. The first kappa shape index (κ1) is 14.8. The predicted octanol–water partition coefficient (Wildman–Crippen LogP) is 6.60. The summed E-state index contributed by atoms with van der Waals surface area (Å²) in [5, 5.41) is 2.53. The van der Waals surface area contributed by atoms with Crippen LogP contribution in [0.4, 0.5) is 0 Å². The third-order valence-electron chi connectivity index (χ3n) is 4.47. The fourth-order valence-corrected chi connectivity index (χ4v) is 3.28. The monoisotopic (exact) mass is 312 g/mol. The Labute approximate surface area is 142 Å². The summed E-state index contributed by atoms with van der Waals surface area (Å²) in [7, 11) is 0. The van der Waals surface area contributed by atoms with Gasteiger partial charge in [-0.05, 0) is 54.3 Å². The van der Waals surface area contributed by atoms with Crippen LogP contribution in [-0.4, -0.2) is 0 Å². The second-order valence-corrected chi connectivity index (χ2v) is 6.10. The van der Waals surface area contributed by atoms with Crippen LogP contribution >= 0.6 is 0 Å². The lowest BCUT2D eigenvalue weighted by Gasteiger charge is -2.03. The van der Waals surface area contributed by atoms with Gasteiger partial charge in [0, 0.05) is 11.1 Å². The number of benzene rings is 2. The molecule has 0 N–H and O–H groups in total. The van der Waals surface area contributed by atoms with Crippen LogP contribution in [0.15, 0.2) is 59.0 Å². The van der Waals surface area contributed by atoms with Gasteiger partial charge in [0.2, 0.25) is 0 Å². The molecule has 0 amide bonds. The molecular weight excluding hydrogens is 292 g/mol. The molecule has 1 heterocycles. The van der Waals surface area contributed by atoms with Gasteiger partial charge in [-0.2, -0.15) is 0 Å². The Morgan fingerprint density at radius 2 is 1.83 bits per heavy atom. The molecule has 1 nitrogen and oxygen atoms in total. The Morgan fingerprint density at radius 1 is 0.958 bits per heavy atom. The molecule has 1 heteroatoms. The molecule has 0 spiro atoms. The van der Waals surface area contributed by atoms with Crippen molar-refractivity contribution in [3.8, 4) is 0 Å². The van der Waals surface area contributed by atoms with E-state index in [0.29, 0.717) is 0 Å². The average Bonchev–Trinajstić information content (AvgIpc) is 2.98. The van der Waals surface area contributed by atoms with Gasteiger partial charge in [-0.15, -0.1) is 0 Å². The molecule has 0 radical (unpaired) electrons. The molecule has 0 atom stereocenters. The Hall–Kier alpha value is -2.80. The molecule has 118 valence electrons. The van der Waals surface area contributed by atoms with Crippen LogP contribution in [0.2, 0.25) is 0 Å². The first-order chi connectivity index (χ1) is 11.8. The molecule has 1 aliphatic carbocycles. The third-order valence-corrected chi connectivity index (χ3v) is 4.47. The fraction of sp³-hybridized carbons (Fsp3) is 0.130. The summed E-state index contributed by atoms with van der Waals surface area (Å²) in [6, 6.07) is 15.0. The van der Waals surface area contributed by atoms with Crippen LogP contribution < -0.4 is 0 Å². The average molecular weight is 312 g/mol. The van der Waals surface area contributed by atoms with Gasteiger partial charge in [-0.1, -0.05) is 60.7 Å². The number of allylic oxidation sites excluding steroid dienone is 2. The van der Waals surface area contributed by atoms with Crippen molar-refractivity contribution in [2.75, 3.05) is 0 Å². The van der Waals surface area contributed by atoms with Gasteiger partial charge in [0.1, 0.15) is 11.5 Å². The molecule has 0 saturated carbocycles. The van der Waals surface area contributed by atoms with E-state index < -0.39 is 0 Å². The largest absolute Gasteiger partial charge is 0.456 e. The van der Waals surface area contributed by atoms with Gasteiger partial charge in [0.25, 0.3) is 0 Å². The normalized spacial score (nSPS) is 14.0. The zero-order valence-corrected chi connectivity index (χ0v) is 13.8. The quantitative estimate of drug-likeness (QED) is 0.531. The van der Waals surface area contributed by atoms with Crippen LogP contribution in [0.5, 0.6) is 0 Å². The minimum absolute atomic E-state index is 0.942. The van der Waals surface area contributed by atoms with Gasteiger partial charge in [0.15, 0.2) is 0 Å². The fourth-order valence-electron chi connectivity index (χ4n) is 3.28. The minimum Gasteiger partial charge on any atom is -0.456 e. The van der Waals surface area contributed by atoms with E-state index in [9.17, 15) is 0 Å². The Kier molecular flexibility index (Phi) is 3.92. The van der Waals surface area contributed by atoms with Gasteiger partial charge < -0.3 is 4.42 Å². The molecule has 3 aromatic rings. The minimum atomic E-state index is 0.942. The SMILES string of the molecule is C/C=C/c1c(/C=C\c2ccc3ccccc3c2)oc2c1CCC=C2. The molecule has 4 rings (SSSR count). The maximum absolute atomic E-state index is 6.07. The predicted molar refractivity (Wildman–Crippen MR) is 104 cm³/mol. The van der Waals surface area contributed by atoms with Crippen molar-refractivity contribution in [1.29, 1.82) is 0 Å². The molecule has 2 aromatic carbocycles. The van der Waals surface area contributed by atoms with Crippen LogP contribution in [0.1, 0.15) is 41.6 Å². The second kappa shape index (κ2) is 6.37. The number of furan rings is 1. The van der Waals surface area contributed by atoms with E-state index in [0.717, 1.165) is 24.4 Å². The van der Waals surface area contributed by atoms with Gasteiger partial charge >= 0.3 is 0 Å². The van der Waals surface area contributed by atoms with E-state index in [-0.39, 0.29) is 0 Å². The molecule has 0 unspecified atom stereocenters. The molecule has 1 aliphatic rings. The number of rotatable bonds is 3. The van der Waals surface area contributed by atoms with Crippen molar-refractivity contribution in [1.82, 2.24) is 0 Å². The van der Waals surface area contributed by atoms with Crippen molar-refractivity contribution in [2.45, 2.75) is 19.8 Å². The summed E-state index contributed by atoms with van der Waals surface area (Å²) in [5.41, 5.74) is 3.73. The highest BCUT2D eigenvalue weighted by Crippen LogP contribution is 2.31. The number of hydrogen-bond acceptors (Lipinski definition) is 1. The van der Waals surface area contributed by atoms with Gasteiger partial charge in [-0.25, -0.2) is 0 Å². The summed E-state index contributed by atoms with van der Waals surface area (Å²) in [5.74, 6) is 1.95. The van der Waals surface area contributed by atoms with Crippen molar-refractivity contribution in [3.63, 3.8) is 0 Å². The smallest absolute Gasteiger partial charge is 0.135 e. The summed E-state index contributed by atoms with van der Waals surface area (Å²) >= 11 is 0. The van der Waals surface area contributed by atoms with E-state index in [1.54, 1.807) is 0 Å². The Balaban J connectivity index is 1.72. The van der Waals surface area contributed by atoms with Crippen molar-refractivity contribution in [2.24, 2.45) is 0 Å². The lowest BCUT2D eigenvalue weighted by atomic mass is 9.98. The number of hydrogen-bond donors (Lipinski definition) is 0. The first-order valence-electron chi connectivity index (χ1n) is 8.47. The zero-order chi connectivity index (χ0) is 16.4. The highest BCUT2D eigenvalue weighted by molar-refractivity contribution is 5.86. The third kappa shape index (κ3) is 2.74. The molecule has 1 aromatic heterocycles. The van der Waals surface area contributed by atoms with Crippen molar-refractivity contribution < 1.29 is 4.42 Å². The van der Waals surface area contributed by atoms with E-state index in [4.69, 9.17) is 4.42 Å². The lowest BCUT2D eigenvalue weighted by molar-refractivity contribution is 0.541. The summed E-state index contributed by atoms with van der Waals surface area (Å²) in [4.78, 5) is 0. The topological polar surface area (TPSA) is 13.1 Å².